The van der Waals surface area contributed by atoms with Gasteiger partial charge in [-0.15, -0.1) is 0 Å². The molecule has 1 aliphatic heterocycles. The van der Waals surface area contributed by atoms with Crippen LogP contribution in [0.3, 0.4) is 0 Å². The van der Waals surface area contributed by atoms with Gasteiger partial charge in [0.2, 0.25) is 0 Å². The van der Waals surface area contributed by atoms with Crippen LogP contribution in [0.25, 0.3) is 0 Å². The van der Waals surface area contributed by atoms with E-state index in [1.165, 1.54) is 5.69 Å². The normalized spacial score (nSPS) is 17.4. The monoisotopic (exact) mass is 333 g/mol. The Morgan fingerprint density at radius 1 is 1.25 bits per heavy atom. The molecule has 0 bridgehead atoms. The minimum atomic E-state index is -0.124. The number of urea groups is 1. The van der Waals surface area contributed by atoms with E-state index in [4.69, 9.17) is 0 Å². The number of para-hydroxylation sites is 1. The van der Waals surface area contributed by atoms with Gasteiger partial charge in [0.05, 0.1) is 0 Å². The van der Waals surface area contributed by atoms with Gasteiger partial charge >= 0.3 is 6.03 Å². The molecule has 5 nitrogen and oxygen atoms in total. The van der Waals surface area contributed by atoms with Gasteiger partial charge in [-0.05, 0) is 36.8 Å². The zero-order valence-electron chi connectivity index (χ0n) is 15.1. The summed E-state index contributed by atoms with van der Waals surface area (Å²) in [7, 11) is 0. The van der Waals surface area contributed by atoms with Crippen LogP contribution in [-0.4, -0.2) is 42.9 Å². The highest BCUT2D eigenvalue weighted by atomic mass is 16.3. The third-order valence-electron chi connectivity index (χ3n) is 4.72. The Kier molecular flexibility index (Phi) is 6.49. The zero-order valence-corrected chi connectivity index (χ0v) is 15.1. The average molecular weight is 333 g/mol. The van der Waals surface area contributed by atoms with Gasteiger partial charge in [0, 0.05) is 37.5 Å². The zero-order chi connectivity index (χ0) is 17.6. The molecular weight excluding hydrogens is 302 g/mol. The van der Waals surface area contributed by atoms with Gasteiger partial charge in [-0.3, -0.25) is 0 Å². The van der Waals surface area contributed by atoms with Crippen LogP contribution in [0.4, 0.5) is 10.5 Å². The Morgan fingerprint density at radius 2 is 1.88 bits per heavy atom. The number of anilines is 1. The van der Waals surface area contributed by atoms with Gasteiger partial charge in [0.15, 0.2) is 0 Å². The predicted octanol–water partition coefficient (Wildman–Crippen LogP) is 2.75. The van der Waals surface area contributed by atoms with Crippen LogP contribution in [0.5, 0.6) is 0 Å². The molecule has 1 fully saturated rings. The van der Waals surface area contributed by atoms with Crippen LogP contribution in [0, 0.1) is 5.41 Å². The number of hydrogen-bond donors (Lipinski definition) is 3. The number of carbonyl (C=O) groups excluding carboxylic acids is 1. The van der Waals surface area contributed by atoms with Gasteiger partial charge in [0.1, 0.15) is 0 Å². The highest BCUT2D eigenvalue weighted by Crippen LogP contribution is 2.22. The summed E-state index contributed by atoms with van der Waals surface area (Å²) in [5, 5.41) is 15.3. The molecule has 5 heteroatoms. The minimum Gasteiger partial charge on any atom is -0.396 e. The first kappa shape index (κ1) is 18.6. The summed E-state index contributed by atoms with van der Waals surface area (Å²) in [6.45, 7) is 8.21. The van der Waals surface area contributed by atoms with Gasteiger partial charge in [-0.1, -0.05) is 39.0 Å². The van der Waals surface area contributed by atoms with E-state index in [1.807, 2.05) is 6.07 Å². The van der Waals surface area contributed by atoms with Crippen molar-refractivity contribution in [3.05, 3.63) is 30.3 Å². The lowest BCUT2D eigenvalue weighted by atomic mass is 9.85. The molecule has 0 aliphatic carbocycles. The summed E-state index contributed by atoms with van der Waals surface area (Å²) in [5.41, 5.74) is 1.17. The molecule has 1 aromatic rings. The Labute approximate surface area is 145 Å². The van der Waals surface area contributed by atoms with E-state index in [9.17, 15) is 9.90 Å². The summed E-state index contributed by atoms with van der Waals surface area (Å²) in [6, 6.07) is 10.4. The third kappa shape index (κ3) is 5.41. The van der Waals surface area contributed by atoms with Crippen molar-refractivity contribution in [1.82, 2.24) is 10.6 Å². The van der Waals surface area contributed by atoms with E-state index in [0.29, 0.717) is 6.42 Å². The number of aliphatic hydroxyl groups excluding tert-OH is 1. The first-order chi connectivity index (χ1) is 11.4. The van der Waals surface area contributed by atoms with Crippen LogP contribution in [0.1, 0.15) is 40.0 Å². The summed E-state index contributed by atoms with van der Waals surface area (Å²) in [6.07, 6.45) is 2.47. The summed E-state index contributed by atoms with van der Waals surface area (Å²) < 4.78 is 0. The summed E-state index contributed by atoms with van der Waals surface area (Å²) in [4.78, 5) is 14.6. The molecule has 1 saturated heterocycles. The molecular formula is C19H31N3O2. The maximum atomic E-state index is 12.3. The fourth-order valence-electron chi connectivity index (χ4n) is 3.16. The van der Waals surface area contributed by atoms with Crippen LogP contribution in [-0.2, 0) is 0 Å². The minimum absolute atomic E-state index is 0.0353. The van der Waals surface area contributed by atoms with Crippen molar-refractivity contribution < 1.29 is 9.90 Å². The van der Waals surface area contributed by atoms with Crippen molar-refractivity contribution in [2.75, 3.05) is 24.6 Å². The van der Waals surface area contributed by atoms with Crippen molar-refractivity contribution in [2.24, 2.45) is 5.41 Å². The SMILES string of the molecule is CC(C)(C)C(CCO)NC(=O)NC1CCN(c2ccccc2)CC1. The van der Waals surface area contributed by atoms with Crippen molar-refractivity contribution in [1.29, 1.82) is 0 Å². The number of rotatable bonds is 5. The van der Waals surface area contributed by atoms with E-state index < -0.39 is 0 Å². The maximum Gasteiger partial charge on any atom is 0.315 e. The maximum absolute atomic E-state index is 12.3. The Hall–Kier alpha value is -1.75. The van der Waals surface area contributed by atoms with Crippen molar-refractivity contribution >= 4 is 11.7 Å². The Balaban J connectivity index is 1.79. The van der Waals surface area contributed by atoms with Gasteiger partial charge in [-0.2, -0.15) is 0 Å². The fraction of sp³-hybridized carbons (Fsp3) is 0.632. The number of hydrogen-bond acceptors (Lipinski definition) is 3. The lowest BCUT2D eigenvalue weighted by Crippen LogP contribution is -2.53. The van der Waals surface area contributed by atoms with Crippen LogP contribution < -0.4 is 15.5 Å². The van der Waals surface area contributed by atoms with Gasteiger partial charge < -0.3 is 20.6 Å². The van der Waals surface area contributed by atoms with Crippen LogP contribution in [0.15, 0.2) is 30.3 Å². The van der Waals surface area contributed by atoms with E-state index in [2.05, 4.69) is 60.6 Å². The first-order valence-corrected chi connectivity index (χ1v) is 8.88. The molecule has 2 amide bonds. The molecule has 1 aromatic carbocycles. The molecule has 1 heterocycles. The molecule has 1 atom stereocenters. The first-order valence-electron chi connectivity index (χ1n) is 8.88. The van der Waals surface area contributed by atoms with Crippen LogP contribution >= 0.6 is 0 Å². The average Bonchev–Trinajstić information content (AvgIpc) is 2.55. The molecule has 1 unspecified atom stereocenters. The van der Waals surface area contributed by atoms with Gasteiger partial charge in [-0.25, -0.2) is 4.79 Å². The molecule has 3 N–H and O–H groups in total. The molecule has 0 saturated carbocycles. The molecule has 0 aromatic heterocycles. The predicted molar refractivity (Wildman–Crippen MR) is 98.3 cm³/mol. The van der Waals surface area contributed by atoms with E-state index in [-0.39, 0.29) is 30.1 Å². The summed E-state index contributed by atoms with van der Waals surface area (Å²) in [5.74, 6) is 0. The van der Waals surface area contributed by atoms with Crippen molar-refractivity contribution in [2.45, 2.75) is 52.1 Å². The smallest absolute Gasteiger partial charge is 0.315 e. The molecule has 2 rings (SSSR count). The van der Waals surface area contributed by atoms with Crippen molar-refractivity contribution in [3.63, 3.8) is 0 Å². The number of amides is 2. The van der Waals surface area contributed by atoms with E-state index >= 15 is 0 Å². The largest absolute Gasteiger partial charge is 0.396 e. The molecule has 0 radical (unpaired) electrons. The Bertz CT molecular complexity index is 505. The second kappa shape index (κ2) is 8.38. The summed E-state index contributed by atoms with van der Waals surface area (Å²) >= 11 is 0. The molecule has 0 spiro atoms. The Morgan fingerprint density at radius 3 is 2.42 bits per heavy atom. The fourth-order valence-corrected chi connectivity index (χ4v) is 3.16. The highest BCUT2D eigenvalue weighted by Gasteiger charge is 2.27. The number of nitrogens with one attached hydrogen (secondary N) is 2. The quantitative estimate of drug-likeness (QED) is 0.776. The lowest BCUT2D eigenvalue weighted by Gasteiger charge is -2.35. The molecule has 1 aliphatic rings. The second-order valence-corrected chi connectivity index (χ2v) is 7.65. The van der Waals surface area contributed by atoms with Crippen LogP contribution in [0.2, 0.25) is 0 Å². The van der Waals surface area contributed by atoms with E-state index in [0.717, 1.165) is 25.9 Å². The number of carbonyl (C=O) groups is 1. The second-order valence-electron chi connectivity index (χ2n) is 7.65. The van der Waals surface area contributed by atoms with E-state index in [1.54, 1.807) is 0 Å². The van der Waals surface area contributed by atoms with Gasteiger partial charge in [0.25, 0.3) is 0 Å². The highest BCUT2D eigenvalue weighted by molar-refractivity contribution is 5.74. The number of benzene rings is 1. The number of piperidine rings is 1. The number of aliphatic hydroxyl groups is 1. The molecule has 134 valence electrons. The lowest BCUT2D eigenvalue weighted by molar-refractivity contribution is 0.186. The molecule has 24 heavy (non-hydrogen) atoms. The van der Waals surface area contributed by atoms with Crippen molar-refractivity contribution in [3.8, 4) is 0 Å². The standard InChI is InChI=1S/C19H31N3O2/c1-19(2,3)17(11-14-23)21-18(24)20-15-9-12-22(13-10-15)16-7-5-4-6-8-16/h4-8,15,17,23H,9-14H2,1-3H3,(H2,20,21,24). The number of nitrogens with zero attached hydrogens (tertiary/aromatic N) is 1. The third-order valence-corrected chi connectivity index (χ3v) is 4.72. The topological polar surface area (TPSA) is 64.6 Å².